The van der Waals surface area contributed by atoms with Gasteiger partial charge in [0.15, 0.2) is 5.58 Å². The fraction of sp³-hybridized carbons (Fsp3) is 0.417. The van der Waals surface area contributed by atoms with Crippen LogP contribution in [0.5, 0.6) is 0 Å². The zero-order chi connectivity index (χ0) is 11.8. The van der Waals surface area contributed by atoms with Crippen LogP contribution >= 0.6 is 0 Å². The first-order chi connectivity index (χ1) is 8.24. The Morgan fingerprint density at radius 3 is 2.88 bits per heavy atom. The van der Waals surface area contributed by atoms with E-state index in [4.69, 9.17) is 10.4 Å². The molecule has 1 aromatic heterocycles. The summed E-state index contributed by atoms with van der Waals surface area (Å²) in [6.07, 6.45) is 1.94. The SMILES string of the molecule is NN1CCC(c2noc3cc(F)ccc23)CC1. The maximum absolute atomic E-state index is 13.0. The molecule has 1 aliphatic rings. The lowest BCUT2D eigenvalue weighted by molar-refractivity contribution is 0.214. The Morgan fingerprint density at radius 1 is 1.35 bits per heavy atom. The molecule has 5 heteroatoms. The summed E-state index contributed by atoms with van der Waals surface area (Å²) < 4.78 is 18.2. The molecule has 0 saturated carbocycles. The van der Waals surface area contributed by atoms with Gasteiger partial charge >= 0.3 is 0 Å². The average Bonchev–Trinajstić information content (AvgIpc) is 2.73. The second-order valence-electron chi connectivity index (χ2n) is 4.52. The first-order valence-corrected chi connectivity index (χ1v) is 5.78. The molecule has 0 spiro atoms. The number of nitrogens with zero attached hydrogens (tertiary/aromatic N) is 2. The highest BCUT2D eigenvalue weighted by molar-refractivity contribution is 5.79. The normalized spacial score (nSPS) is 18.9. The third kappa shape index (κ3) is 1.92. The van der Waals surface area contributed by atoms with E-state index in [0.717, 1.165) is 37.0 Å². The zero-order valence-electron chi connectivity index (χ0n) is 9.40. The fourth-order valence-corrected chi connectivity index (χ4v) is 2.40. The maximum Gasteiger partial charge on any atom is 0.170 e. The van der Waals surface area contributed by atoms with Gasteiger partial charge < -0.3 is 4.52 Å². The monoisotopic (exact) mass is 235 g/mol. The lowest BCUT2D eigenvalue weighted by Gasteiger charge is -2.27. The molecule has 0 unspecified atom stereocenters. The molecule has 2 aromatic rings. The predicted molar refractivity (Wildman–Crippen MR) is 61.7 cm³/mol. The molecule has 1 fully saturated rings. The Kier molecular flexibility index (Phi) is 2.57. The van der Waals surface area contributed by atoms with E-state index in [2.05, 4.69) is 5.16 Å². The fourth-order valence-electron chi connectivity index (χ4n) is 2.40. The summed E-state index contributed by atoms with van der Waals surface area (Å²) in [5.74, 6) is 5.79. The van der Waals surface area contributed by atoms with Crippen molar-refractivity contribution >= 4 is 11.0 Å². The van der Waals surface area contributed by atoms with Gasteiger partial charge in [-0.2, -0.15) is 0 Å². The molecule has 90 valence electrons. The summed E-state index contributed by atoms with van der Waals surface area (Å²) in [6.45, 7) is 1.72. The highest BCUT2D eigenvalue weighted by Gasteiger charge is 2.23. The van der Waals surface area contributed by atoms with E-state index in [-0.39, 0.29) is 5.82 Å². The van der Waals surface area contributed by atoms with Crippen molar-refractivity contribution in [3.8, 4) is 0 Å². The molecule has 0 radical (unpaired) electrons. The molecule has 2 heterocycles. The summed E-state index contributed by atoms with van der Waals surface area (Å²) in [5.41, 5.74) is 1.46. The van der Waals surface area contributed by atoms with E-state index in [1.807, 2.05) is 5.01 Å². The maximum atomic E-state index is 13.0. The van der Waals surface area contributed by atoms with Crippen molar-refractivity contribution < 1.29 is 8.91 Å². The largest absolute Gasteiger partial charge is 0.356 e. The number of rotatable bonds is 1. The first-order valence-electron chi connectivity index (χ1n) is 5.78. The molecule has 0 bridgehead atoms. The summed E-state index contributed by atoms with van der Waals surface area (Å²) in [7, 11) is 0. The van der Waals surface area contributed by atoms with Crippen molar-refractivity contribution in [1.82, 2.24) is 10.2 Å². The molecule has 2 N–H and O–H groups in total. The average molecular weight is 235 g/mol. The molecule has 1 saturated heterocycles. The number of fused-ring (bicyclic) bond motifs is 1. The van der Waals surface area contributed by atoms with Gasteiger partial charge in [-0.05, 0) is 25.0 Å². The van der Waals surface area contributed by atoms with Gasteiger partial charge in [0.05, 0.1) is 5.69 Å². The van der Waals surface area contributed by atoms with E-state index in [1.165, 1.54) is 12.1 Å². The number of nitrogens with two attached hydrogens (primary N) is 1. The minimum Gasteiger partial charge on any atom is -0.356 e. The minimum absolute atomic E-state index is 0.294. The Labute approximate surface area is 98.1 Å². The van der Waals surface area contributed by atoms with Crippen LogP contribution in [0.4, 0.5) is 4.39 Å². The van der Waals surface area contributed by atoms with Crippen molar-refractivity contribution in [1.29, 1.82) is 0 Å². The molecule has 0 atom stereocenters. The molecule has 0 aliphatic carbocycles. The number of aromatic nitrogens is 1. The van der Waals surface area contributed by atoms with E-state index in [0.29, 0.717) is 11.5 Å². The van der Waals surface area contributed by atoms with Gasteiger partial charge in [-0.15, -0.1) is 0 Å². The van der Waals surface area contributed by atoms with Crippen LogP contribution in [-0.4, -0.2) is 23.3 Å². The van der Waals surface area contributed by atoms with Gasteiger partial charge in [-0.3, -0.25) is 5.84 Å². The van der Waals surface area contributed by atoms with Crippen LogP contribution in [0.1, 0.15) is 24.5 Å². The van der Waals surface area contributed by atoms with Crippen LogP contribution in [0.25, 0.3) is 11.0 Å². The van der Waals surface area contributed by atoms with Crippen molar-refractivity contribution in [3.63, 3.8) is 0 Å². The van der Waals surface area contributed by atoms with E-state index in [9.17, 15) is 4.39 Å². The highest BCUT2D eigenvalue weighted by Crippen LogP contribution is 2.31. The van der Waals surface area contributed by atoms with Gasteiger partial charge in [-0.25, -0.2) is 9.40 Å². The highest BCUT2D eigenvalue weighted by atomic mass is 19.1. The molecule has 4 nitrogen and oxygen atoms in total. The summed E-state index contributed by atoms with van der Waals surface area (Å²) in [6, 6.07) is 4.57. The van der Waals surface area contributed by atoms with Gasteiger partial charge in [0, 0.05) is 30.5 Å². The van der Waals surface area contributed by atoms with Crippen molar-refractivity contribution in [3.05, 3.63) is 29.7 Å². The smallest absolute Gasteiger partial charge is 0.170 e. The first kappa shape index (κ1) is 10.7. The summed E-state index contributed by atoms with van der Waals surface area (Å²) in [4.78, 5) is 0. The van der Waals surface area contributed by atoms with Crippen LogP contribution in [-0.2, 0) is 0 Å². The molecule has 1 aliphatic heterocycles. The number of hydrogen-bond donors (Lipinski definition) is 1. The van der Waals surface area contributed by atoms with Gasteiger partial charge in [0.1, 0.15) is 5.82 Å². The number of benzene rings is 1. The van der Waals surface area contributed by atoms with Crippen LogP contribution in [0, 0.1) is 5.82 Å². The zero-order valence-corrected chi connectivity index (χ0v) is 9.40. The standard InChI is InChI=1S/C12H14FN3O/c13-9-1-2-10-11(7-9)17-15-12(10)8-3-5-16(14)6-4-8/h1-2,7-8H,3-6,14H2. The lowest BCUT2D eigenvalue weighted by Crippen LogP contribution is -2.38. The van der Waals surface area contributed by atoms with Crippen LogP contribution in [0.2, 0.25) is 0 Å². The van der Waals surface area contributed by atoms with Gasteiger partial charge in [-0.1, -0.05) is 5.16 Å². The van der Waals surface area contributed by atoms with Gasteiger partial charge in [0.25, 0.3) is 0 Å². The molecule has 3 rings (SSSR count). The molecular weight excluding hydrogens is 221 g/mol. The van der Waals surface area contributed by atoms with E-state index < -0.39 is 0 Å². The van der Waals surface area contributed by atoms with Gasteiger partial charge in [0.2, 0.25) is 0 Å². The molecular formula is C12H14FN3O. The minimum atomic E-state index is -0.294. The summed E-state index contributed by atoms with van der Waals surface area (Å²) >= 11 is 0. The second kappa shape index (κ2) is 4.09. The van der Waals surface area contributed by atoms with Crippen LogP contribution in [0.3, 0.4) is 0 Å². The van der Waals surface area contributed by atoms with Crippen molar-refractivity contribution in [2.75, 3.05) is 13.1 Å². The van der Waals surface area contributed by atoms with Crippen molar-refractivity contribution in [2.24, 2.45) is 5.84 Å². The number of piperidine rings is 1. The Balaban J connectivity index is 1.95. The molecule has 0 amide bonds. The quantitative estimate of drug-likeness (QED) is 0.768. The lowest BCUT2D eigenvalue weighted by atomic mass is 9.92. The van der Waals surface area contributed by atoms with Crippen LogP contribution < -0.4 is 5.84 Å². The van der Waals surface area contributed by atoms with Crippen LogP contribution in [0.15, 0.2) is 22.7 Å². The molecule has 1 aromatic carbocycles. The number of hydrogen-bond acceptors (Lipinski definition) is 4. The Bertz CT molecular complexity index is 532. The Hall–Kier alpha value is -1.46. The number of halogens is 1. The molecule has 17 heavy (non-hydrogen) atoms. The Morgan fingerprint density at radius 2 is 2.12 bits per heavy atom. The van der Waals surface area contributed by atoms with E-state index in [1.54, 1.807) is 6.07 Å². The predicted octanol–water partition coefficient (Wildman–Crippen LogP) is 2.02. The van der Waals surface area contributed by atoms with E-state index >= 15 is 0 Å². The second-order valence-corrected chi connectivity index (χ2v) is 4.52. The topological polar surface area (TPSA) is 55.3 Å². The third-order valence-electron chi connectivity index (χ3n) is 3.38. The third-order valence-corrected chi connectivity index (χ3v) is 3.38. The number of hydrazine groups is 1. The van der Waals surface area contributed by atoms with Crippen molar-refractivity contribution in [2.45, 2.75) is 18.8 Å². The summed E-state index contributed by atoms with van der Waals surface area (Å²) in [5, 5.41) is 6.82.